The van der Waals surface area contributed by atoms with E-state index in [2.05, 4.69) is 26.2 Å². The van der Waals surface area contributed by atoms with E-state index in [0.29, 0.717) is 5.69 Å². The van der Waals surface area contributed by atoms with Gasteiger partial charge in [-0.25, -0.2) is 4.68 Å². The second kappa shape index (κ2) is 4.98. The van der Waals surface area contributed by atoms with Crippen molar-refractivity contribution >= 4 is 15.9 Å². The molecule has 0 saturated heterocycles. The van der Waals surface area contributed by atoms with Crippen molar-refractivity contribution < 1.29 is 5.11 Å². The van der Waals surface area contributed by atoms with Crippen LogP contribution in [0, 0.1) is 0 Å². The normalized spacial score (nSPS) is 11.1. The van der Waals surface area contributed by atoms with E-state index in [1.807, 2.05) is 42.8 Å². The summed E-state index contributed by atoms with van der Waals surface area (Å²) in [5.74, 6) is 0. The Balaban J connectivity index is 2.60. The minimum absolute atomic E-state index is 0.103. The minimum Gasteiger partial charge on any atom is -0.390 e. The van der Waals surface area contributed by atoms with Crippen LogP contribution in [0.3, 0.4) is 0 Å². The lowest BCUT2D eigenvalue weighted by molar-refractivity contribution is 0.277. The zero-order valence-corrected chi connectivity index (χ0v) is 11.3. The number of halogens is 1. The van der Waals surface area contributed by atoms with Crippen LogP contribution in [0.15, 0.2) is 28.7 Å². The third-order valence-electron chi connectivity index (χ3n) is 2.50. The fraction of sp³-hybridized carbons (Fsp3) is 0.333. The molecule has 2 rings (SSSR count). The maximum absolute atomic E-state index is 9.32. The fourth-order valence-electron chi connectivity index (χ4n) is 1.73. The minimum atomic E-state index is -0.103. The second-order valence-corrected chi connectivity index (χ2v) is 5.01. The molecule has 0 aliphatic rings. The first-order valence-corrected chi connectivity index (χ1v) is 6.23. The van der Waals surface area contributed by atoms with Crippen LogP contribution >= 0.6 is 15.9 Å². The topological polar surface area (TPSA) is 50.9 Å². The molecule has 5 heteroatoms. The number of aromatic nitrogens is 3. The van der Waals surface area contributed by atoms with Crippen molar-refractivity contribution in [3.05, 3.63) is 34.4 Å². The summed E-state index contributed by atoms with van der Waals surface area (Å²) >= 11 is 3.44. The number of hydrogen-bond donors (Lipinski definition) is 1. The SMILES string of the molecule is CC(C)n1nnc(CO)c1-c1cccc(Br)c1. The molecule has 0 bridgehead atoms. The smallest absolute Gasteiger partial charge is 0.116 e. The third-order valence-corrected chi connectivity index (χ3v) is 2.99. The van der Waals surface area contributed by atoms with Crippen LogP contribution in [0.2, 0.25) is 0 Å². The van der Waals surface area contributed by atoms with E-state index in [0.717, 1.165) is 15.7 Å². The summed E-state index contributed by atoms with van der Waals surface area (Å²) in [6, 6.07) is 8.11. The van der Waals surface area contributed by atoms with E-state index in [1.54, 1.807) is 0 Å². The molecule has 1 aromatic heterocycles. The van der Waals surface area contributed by atoms with Crippen LogP contribution in [0.25, 0.3) is 11.3 Å². The molecular formula is C12H14BrN3O. The van der Waals surface area contributed by atoms with Crippen LogP contribution < -0.4 is 0 Å². The zero-order valence-electron chi connectivity index (χ0n) is 9.76. The summed E-state index contributed by atoms with van der Waals surface area (Å²) in [5.41, 5.74) is 2.49. The van der Waals surface area contributed by atoms with Crippen molar-refractivity contribution in [1.82, 2.24) is 15.0 Å². The van der Waals surface area contributed by atoms with Crippen LogP contribution in [-0.2, 0) is 6.61 Å². The standard InChI is InChI=1S/C12H14BrN3O/c1-8(2)16-12(11(7-17)14-15-16)9-4-3-5-10(13)6-9/h3-6,8,17H,7H2,1-2H3. The van der Waals surface area contributed by atoms with Gasteiger partial charge >= 0.3 is 0 Å². The van der Waals surface area contributed by atoms with Crippen molar-refractivity contribution in [2.24, 2.45) is 0 Å². The molecule has 1 aromatic carbocycles. The van der Waals surface area contributed by atoms with Crippen LogP contribution in [0.5, 0.6) is 0 Å². The van der Waals surface area contributed by atoms with Crippen LogP contribution in [0.4, 0.5) is 0 Å². The average molecular weight is 296 g/mol. The lowest BCUT2D eigenvalue weighted by Gasteiger charge is -2.10. The van der Waals surface area contributed by atoms with E-state index >= 15 is 0 Å². The molecule has 0 spiro atoms. The van der Waals surface area contributed by atoms with Crippen molar-refractivity contribution in [3.63, 3.8) is 0 Å². The molecule has 1 N–H and O–H groups in total. The van der Waals surface area contributed by atoms with Gasteiger partial charge in [0.05, 0.1) is 12.3 Å². The van der Waals surface area contributed by atoms with Gasteiger partial charge in [0, 0.05) is 16.1 Å². The molecule has 0 fully saturated rings. The number of aliphatic hydroxyl groups is 1. The molecule has 90 valence electrons. The Morgan fingerprint density at radius 2 is 2.18 bits per heavy atom. The largest absolute Gasteiger partial charge is 0.390 e. The lowest BCUT2D eigenvalue weighted by atomic mass is 10.1. The van der Waals surface area contributed by atoms with E-state index in [-0.39, 0.29) is 12.6 Å². The van der Waals surface area contributed by atoms with Gasteiger partial charge in [0.1, 0.15) is 5.69 Å². The maximum Gasteiger partial charge on any atom is 0.116 e. The predicted octanol–water partition coefficient (Wildman–Crippen LogP) is 2.78. The molecule has 0 amide bonds. The molecule has 1 heterocycles. The van der Waals surface area contributed by atoms with Gasteiger partial charge < -0.3 is 5.11 Å². The van der Waals surface area contributed by atoms with Crippen LogP contribution in [-0.4, -0.2) is 20.1 Å². The molecule has 0 unspecified atom stereocenters. The van der Waals surface area contributed by atoms with Crippen molar-refractivity contribution in [2.75, 3.05) is 0 Å². The first kappa shape index (κ1) is 12.3. The molecule has 4 nitrogen and oxygen atoms in total. The van der Waals surface area contributed by atoms with Crippen molar-refractivity contribution in [3.8, 4) is 11.3 Å². The molecule has 0 atom stereocenters. The highest BCUT2D eigenvalue weighted by Crippen LogP contribution is 2.27. The number of rotatable bonds is 3. The Bertz CT molecular complexity index is 522. The summed E-state index contributed by atoms with van der Waals surface area (Å²) in [6.07, 6.45) is 0. The average Bonchev–Trinajstić information content (AvgIpc) is 2.72. The molecule has 2 aromatic rings. The highest BCUT2D eigenvalue weighted by Gasteiger charge is 2.16. The van der Waals surface area contributed by atoms with E-state index in [9.17, 15) is 5.11 Å². The maximum atomic E-state index is 9.32. The Hall–Kier alpha value is -1.20. The molecule has 0 saturated carbocycles. The summed E-state index contributed by atoms with van der Waals surface area (Å²) in [5, 5.41) is 17.4. The number of benzene rings is 1. The Kier molecular flexibility index (Phi) is 3.59. The molecule has 0 radical (unpaired) electrons. The second-order valence-electron chi connectivity index (χ2n) is 4.09. The number of hydrogen-bond acceptors (Lipinski definition) is 3. The quantitative estimate of drug-likeness (QED) is 0.947. The van der Waals surface area contributed by atoms with Gasteiger partial charge in [-0.1, -0.05) is 33.3 Å². The molecular weight excluding hydrogens is 282 g/mol. The van der Waals surface area contributed by atoms with Gasteiger partial charge in [-0.2, -0.15) is 0 Å². The van der Waals surface area contributed by atoms with Gasteiger partial charge in [-0.3, -0.25) is 0 Å². The number of aliphatic hydroxyl groups excluding tert-OH is 1. The highest BCUT2D eigenvalue weighted by atomic mass is 79.9. The zero-order chi connectivity index (χ0) is 12.4. The van der Waals surface area contributed by atoms with Crippen molar-refractivity contribution in [1.29, 1.82) is 0 Å². The van der Waals surface area contributed by atoms with Gasteiger partial charge in [-0.05, 0) is 26.0 Å². The molecule has 0 aliphatic carbocycles. The predicted molar refractivity (Wildman–Crippen MR) is 69.5 cm³/mol. The first-order chi connectivity index (χ1) is 8.13. The molecule has 17 heavy (non-hydrogen) atoms. The summed E-state index contributed by atoms with van der Waals surface area (Å²) < 4.78 is 2.82. The van der Waals surface area contributed by atoms with Gasteiger partial charge in [0.25, 0.3) is 0 Å². The van der Waals surface area contributed by atoms with E-state index < -0.39 is 0 Å². The summed E-state index contributed by atoms with van der Waals surface area (Å²) in [6.45, 7) is 3.98. The highest BCUT2D eigenvalue weighted by molar-refractivity contribution is 9.10. The van der Waals surface area contributed by atoms with Crippen molar-refractivity contribution in [2.45, 2.75) is 26.5 Å². The van der Waals surface area contributed by atoms with Gasteiger partial charge in [0.15, 0.2) is 0 Å². The summed E-state index contributed by atoms with van der Waals surface area (Å²) in [7, 11) is 0. The summed E-state index contributed by atoms with van der Waals surface area (Å²) in [4.78, 5) is 0. The fourth-order valence-corrected chi connectivity index (χ4v) is 2.13. The van der Waals surface area contributed by atoms with Gasteiger partial charge in [0.2, 0.25) is 0 Å². The Labute approximate surface area is 108 Å². The number of nitrogens with zero attached hydrogens (tertiary/aromatic N) is 3. The van der Waals surface area contributed by atoms with Gasteiger partial charge in [-0.15, -0.1) is 5.10 Å². The monoisotopic (exact) mass is 295 g/mol. The first-order valence-electron chi connectivity index (χ1n) is 5.44. The lowest BCUT2D eigenvalue weighted by Crippen LogP contribution is -2.05. The third kappa shape index (κ3) is 2.40. The Morgan fingerprint density at radius 1 is 1.41 bits per heavy atom. The Morgan fingerprint density at radius 3 is 2.76 bits per heavy atom. The van der Waals surface area contributed by atoms with Crippen LogP contribution in [0.1, 0.15) is 25.6 Å². The van der Waals surface area contributed by atoms with E-state index in [4.69, 9.17) is 0 Å². The molecule has 0 aliphatic heterocycles. The van der Waals surface area contributed by atoms with E-state index in [1.165, 1.54) is 0 Å².